The summed E-state index contributed by atoms with van der Waals surface area (Å²) in [4.78, 5) is 21.2. The molecular formula is C22H27IN4O. The van der Waals surface area contributed by atoms with Gasteiger partial charge in [0.05, 0.1) is 0 Å². The number of benzene rings is 2. The fourth-order valence-electron chi connectivity index (χ4n) is 4.03. The summed E-state index contributed by atoms with van der Waals surface area (Å²) >= 11 is 0. The molecule has 5 nitrogen and oxygen atoms in total. The third-order valence-corrected chi connectivity index (χ3v) is 5.39. The van der Waals surface area contributed by atoms with Gasteiger partial charge in [0.15, 0.2) is 5.96 Å². The lowest BCUT2D eigenvalue weighted by molar-refractivity contribution is -0.118. The van der Waals surface area contributed by atoms with Gasteiger partial charge in [0.1, 0.15) is 0 Å². The molecule has 6 heteroatoms. The highest BCUT2D eigenvalue weighted by molar-refractivity contribution is 14.0. The second-order valence-electron chi connectivity index (χ2n) is 7.03. The first kappa shape index (κ1) is 20.6. The van der Waals surface area contributed by atoms with E-state index < -0.39 is 0 Å². The summed E-state index contributed by atoms with van der Waals surface area (Å²) < 4.78 is 0. The Kier molecular flexibility index (Phi) is 6.93. The minimum Gasteiger partial charge on any atom is -0.356 e. The maximum absolute atomic E-state index is 12.6. The molecule has 1 N–H and O–H groups in total. The third kappa shape index (κ3) is 4.16. The van der Waals surface area contributed by atoms with E-state index in [1.807, 2.05) is 30.1 Å². The summed E-state index contributed by atoms with van der Waals surface area (Å²) in [6, 6.07) is 16.7. The van der Waals surface area contributed by atoms with Gasteiger partial charge in [-0.25, -0.2) is 0 Å². The molecule has 0 saturated carbocycles. The van der Waals surface area contributed by atoms with Crippen molar-refractivity contribution in [2.24, 2.45) is 4.99 Å². The molecule has 0 fully saturated rings. The van der Waals surface area contributed by atoms with Gasteiger partial charge in [0.2, 0.25) is 5.91 Å². The molecule has 0 aromatic heterocycles. The lowest BCUT2D eigenvalue weighted by atomic mass is 10.2. The van der Waals surface area contributed by atoms with E-state index in [9.17, 15) is 4.79 Å². The van der Waals surface area contributed by atoms with E-state index in [1.54, 1.807) is 0 Å². The molecule has 28 heavy (non-hydrogen) atoms. The van der Waals surface area contributed by atoms with Crippen LogP contribution in [-0.4, -0.2) is 38.5 Å². The Bertz CT molecular complexity index is 867. The van der Waals surface area contributed by atoms with E-state index >= 15 is 0 Å². The van der Waals surface area contributed by atoms with Crippen LogP contribution in [0.25, 0.3) is 0 Å². The highest BCUT2D eigenvalue weighted by Crippen LogP contribution is 2.28. The van der Waals surface area contributed by atoms with Crippen LogP contribution >= 0.6 is 24.0 Å². The molecule has 0 saturated heterocycles. The SMILES string of the molecule is CN=C(NCCCC(=O)N1CCc2ccccc21)N1CCc2ccccc21.I. The van der Waals surface area contributed by atoms with E-state index in [4.69, 9.17) is 0 Å². The Labute approximate surface area is 183 Å². The van der Waals surface area contributed by atoms with Gasteiger partial charge >= 0.3 is 0 Å². The number of nitrogens with zero attached hydrogens (tertiary/aromatic N) is 3. The van der Waals surface area contributed by atoms with E-state index in [0.29, 0.717) is 6.42 Å². The molecule has 2 aliphatic heterocycles. The monoisotopic (exact) mass is 490 g/mol. The summed E-state index contributed by atoms with van der Waals surface area (Å²) in [6.07, 6.45) is 3.35. The maximum atomic E-state index is 12.6. The normalized spacial score (nSPS) is 15.1. The minimum atomic E-state index is 0. The van der Waals surface area contributed by atoms with Crippen LogP contribution in [0.3, 0.4) is 0 Å². The zero-order valence-corrected chi connectivity index (χ0v) is 18.6. The standard InChI is InChI=1S/C22H26N4O.HI/c1-23-22(26-16-13-18-8-3-5-10-20(18)26)24-14-6-11-21(27)25-15-12-17-7-2-4-9-19(17)25;/h2-5,7-10H,6,11-16H2,1H3,(H,23,24);1H. The first-order chi connectivity index (χ1) is 13.3. The van der Waals surface area contributed by atoms with E-state index in [1.165, 1.54) is 16.8 Å². The number of hydrogen-bond donors (Lipinski definition) is 1. The van der Waals surface area contributed by atoms with Gasteiger partial charge in [-0.3, -0.25) is 9.79 Å². The molecule has 0 spiro atoms. The number of para-hydroxylation sites is 2. The summed E-state index contributed by atoms with van der Waals surface area (Å²) in [5.74, 6) is 1.10. The average molecular weight is 490 g/mol. The van der Waals surface area contributed by atoms with Gasteiger partial charge in [0.25, 0.3) is 0 Å². The fourth-order valence-corrected chi connectivity index (χ4v) is 4.03. The number of carbonyl (C=O) groups is 1. The number of carbonyl (C=O) groups excluding carboxylic acids is 1. The third-order valence-electron chi connectivity index (χ3n) is 5.39. The second kappa shape index (κ2) is 9.41. The highest BCUT2D eigenvalue weighted by atomic mass is 127. The minimum absolute atomic E-state index is 0. The molecule has 0 radical (unpaired) electrons. The van der Waals surface area contributed by atoms with Gasteiger partial charge in [-0.2, -0.15) is 0 Å². The van der Waals surface area contributed by atoms with Crippen LogP contribution in [-0.2, 0) is 17.6 Å². The van der Waals surface area contributed by atoms with Gasteiger partial charge < -0.3 is 15.1 Å². The first-order valence-corrected chi connectivity index (χ1v) is 9.72. The number of rotatable bonds is 4. The number of guanidine groups is 1. The van der Waals surface area contributed by atoms with E-state index in [0.717, 1.165) is 50.5 Å². The Morgan fingerprint density at radius 1 is 0.964 bits per heavy atom. The van der Waals surface area contributed by atoms with Crippen molar-refractivity contribution in [3.05, 3.63) is 59.7 Å². The molecule has 0 aliphatic carbocycles. The van der Waals surface area contributed by atoms with Gasteiger partial charge in [-0.1, -0.05) is 36.4 Å². The van der Waals surface area contributed by atoms with Gasteiger partial charge in [-0.15, -0.1) is 24.0 Å². The van der Waals surface area contributed by atoms with Crippen LogP contribution in [0.2, 0.25) is 0 Å². The number of nitrogens with one attached hydrogen (secondary N) is 1. The summed E-state index contributed by atoms with van der Waals surface area (Å²) in [5, 5.41) is 3.42. The molecule has 2 aromatic carbocycles. The number of aliphatic imine (C=N–C) groups is 1. The Morgan fingerprint density at radius 3 is 2.18 bits per heavy atom. The number of halogens is 1. The molecule has 2 aromatic rings. The van der Waals surface area contributed by atoms with E-state index in [2.05, 4.69) is 45.5 Å². The molecule has 4 rings (SSSR count). The highest BCUT2D eigenvalue weighted by Gasteiger charge is 2.24. The predicted molar refractivity (Wildman–Crippen MR) is 126 cm³/mol. The Morgan fingerprint density at radius 2 is 1.54 bits per heavy atom. The predicted octanol–water partition coefficient (Wildman–Crippen LogP) is 3.61. The molecule has 2 aliphatic rings. The summed E-state index contributed by atoms with van der Waals surface area (Å²) in [5.41, 5.74) is 4.95. The van der Waals surface area contributed by atoms with Crippen molar-refractivity contribution < 1.29 is 4.79 Å². The van der Waals surface area contributed by atoms with E-state index in [-0.39, 0.29) is 29.9 Å². The van der Waals surface area contributed by atoms with Crippen molar-refractivity contribution in [1.29, 1.82) is 0 Å². The molecule has 1 amide bonds. The molecule has 0 unspecified atom stereocenters. The number of anilines is 2. The molecule has 0 bridgehead atoms. The van der Waals surface area contributed by atoms with Crippen molar-refractivity contribution in [1.82, 2.24) is 5.32 Å². The topological polar surface area (TPSA) is 47.9 Å². The quantitative estimate of drug-likeness (QED) is 0.309. The van der Waals surface area contributed by atoms with Gasteiger partial charge in [-0.05, 0) is 42.5 Å². The van der Waals surface area contributed by atoms with Crippen molar-refractivity contribution >= 4 is 47.2 Å². The molecular weight excluding hydrogens is 463 g/mol. The smallest absolute Gasteiger partial charge is 0.227 e. The van der Waals surface area contributed by atoms with Crippen LogP contribution in [0.5, 0.6) is 0 Å². The fraction of sp³-hybridized carbons (Fsp3) is 0.364. The number of amides is 1. The summed E-state index contributed by atoms with van der Waals surface area (Å²) in [6.45, 7) is 2.49. The van der Waals surface area contributed by atoms with Crippen molar-refractivity contribution in [3.63, 3.8) is 0 Å². The van der Waals surface area contributed by atoms with Gasteiger partial charge in [0, 0.05) is 44.5 Å². The number of fused-ring (bicyclic) bond motifs is 2. The average Bonchev–Trinajstić information content (AvgIpc) is 3.32. The summed E-state index contributed by atoms with van der Waals surface area (Å²) in [7, 11) is 1.82. The Balaban J connectivity index is 0.00000225. The Hall–Kier alpha value is -2.09. The maximum Gasteiger partial charge on any atom is 0.227 e. The lowest BCUT2D eigenvalue weighted by Crippen LogP contribution is -2.41. The van der Waals surface area contributed by atoms with Crippen molar-refractivity contribution in [3.8, 4) is 0 Å². The molecule has 148 valence electrons. The largest absolute Gasteiger partial charge is 0.356 e. The van der Waals surface area contributed by atoms with Crippen molar-refractivity contribution in [2.75, 3.05) is 36.5 Å². The van der Waals surface area contributed by atoms with Crippen molar-refractivity contribution in [2.45, 2.75) is 25.7 Å². The zero-order chi connectivity index (χ0) is 18.6. The molecule has 0 atom stereocenters. The molecule has 2 heterocycles. The number of hydrogen-bond acceptors (Lipinski definition) is 2. The van der Waals surface area contributed by atoms with Crippen LogP contribution in [0.1, 0.15) is 24.0 Å². The van der Waals surface area contributed by atoms with Crippen LogP contribution in [0.15, 0.2) is 53.5 Å². The second-order valence-corrected chi connectivity index (χ2v) is 7.03. The lowest BCUT2D eigenvalue weighted by Gasteiger charge is -2.22. The zero-order valence-electron chi connectivity index (χ0n) is 16.2. The van der Waals surface area contributed by atoms with Crippen LogP contribution < -0.4 is 15.1 Å². The van der Waals surface area contributed by atoms with Crippen LogP contribution in [0, 0.1) is 0 Å². The first-order valence-electron chi connectivity index (χ1n) is 9.72. The van der Waals surface area contributed by atoms with Crippen LogP contribution in [0.4, 0.5) is 11.4 Å².